The van der Waals surface area contributed by atoms with Crippen molar-refractivity contribution >= 4 is 21.6 Å². The van der Waals surface area contributed by atoms with E-state index in [1.165, 1.54) is 42.6 Å². The van der Waals surface area contributed by atoms with Crippen molar-refractivity contribution in [1.29, 1.82) is 0 Å². The van der Waals surface area contributed by atoms with E-state index in [9.17, 15) is 12.8 Å². The Balaban J connectivity index is 2.06. The summed E-state index contributed by atoms with van der Waals surface area (Å²) in [6, 6.07) is 10.8. The van der Waals surface area contributed by atoms with Crippen LogP contribution in [0.1, 0.15) is 17.4 Å². The molecule has 2 aromatic carbocycles. The predicted molar refractivity (Wildman–Crippen MR) is 93.2 cm³/mol. The molecule has 0 aliphatic heterocycles. The molecule has 0 radical (unpaired) electrons. The number of hydrogen-bond acceptors (Lipinski definition) is 3. The van der Waals surface area contributed by atoms with Gasteiger partial charge in [0.1, 0.15) is 17.7 Å². The maximum Gasteiger partial charge on any atom is 0.241 e. The Kier molecular flexibility index (Phi) is 4.89. The monoisotopic (exact) mass is 379 g/mol. The number of benzene rings is 2. The highest BCUT2D eigenvalue weighted by Crippen LogP contribution is 2.25. The number of nitrogens with one attached hydrogen (secondary N) is 1. The molecule has 130 valence electrons. The third kappa shape index (κ3) is 3.73. The van der Waals surface area contributed by atoms with Crippen LogP contribution in [-0.4, -0.2) is 18.0 Å². The molecule has 25 heavy (non-hydrogen) atoms. The van der Waals surface area contributed by atoms with Gasteiger partial charge in [-0.25, -0.2) is 17.8 Å². The van der Waals surface area contributed by atoms with Crippen LogP contribution in [0.3, 0.4) is 0 Å². The van der Waals surface area contributed by atoms with Crippen LogP contribution in [0.5, 0.6) is 0 Å². The summed E-state index contributed by atoms with van der Waals surface area (Å²) in [6.45, 7) is 0. The Bertz CT molecular complexity index is 987. The molecule has 5 nitrogen and oxygen atoms in total. The minimum absolute atomic E-state index is 0.0347. The van der Waals surface area contributed by atoms with Gasteiger partial charge in [-0.15, -0.1) is 0 Å². The van der Waals surface area contributed by atoms with Crippen LogP contribution in [0.2, 0.25) is 5.02 Å². The van der Waals surface area contributed by atoms with Crippen molar-refractivity contribution in [2.45, 2.75) is 10.9 Å². The quantitative estimate of drug-likeness (QED) is 0.739. The van der Waals surface area contributed by atoms with Crippen LogP contribution in [0, 0.1) is 5.82 Å². The average molecular weight is 380 g/mol. The van der Waals surface area contributed by atoms with Gasteiger partial charge in [0.25, 0.3) is 0 Å². The molecule has 1 atom stereocenters. The zero-order valence-electron chi connectivity index (χ0n) is 13.2. The lowest BCUT2D eigenvalue weighted by molar-refractivity contribution is 0.545. The Morgan fingerprint density at radius 1 is 1.16 bits per heavy atom. The Morgan fingerprint density at radius 2 is 1.84 bits per heavy atom. The summed E-state index contributed by atoms with van der Waals surface area (Å²) in [5.74, 6) is -0.142. The second-order valence-electron chi connectivity index (χ2n) is 5.43. The molecule has 0 spiro atoms. The highest BCUT2D eigenvalue weighted by atomic mass is 35.5. The van der Waals surface area contributed by atoms with Crippen molar-refractivity contribution in [3.63, 3.8) is 0 Å². The van der Waals surface area contributed by atoms with E-state index >= 15 is 0 Å². The smallest absolute Gasteiger partial charge is 0.241 e. The normalized spacial score (nSPS) is 12.9. The first-order chi connectivity index (χ1) is 11.9. The molecule has 0 aliphatic rings. The molecule has 0 amide bonds. The van der Waals surface area contributed by atoms with Crippen molar-refractivity contribution in [2.24, 2.45) is 7.05 Å². The van der Waals surface area contributed by atoms with Crippen molar-refractivity contribution in [1.82, 2.24) is 14.3 Å². The zero-order chi connectivity index (χ0) is 18.0. The van der Waals surface area contributed by atoms with Crippen molar-refractivity contribution < 1.29 is 12.8 Å². The standard InChI is InChI=1S/C17H15ClFN3O2S/c1-22-11-10-20-17(22)16(14-4-2-3-5-15(14)19)21-25(23,24)13-8-6-12(18)7-9-13/h2-11,16,21H,1H3. The number of hydrogen-bond donors (Lipinski definition) is 1. The van der Waals surface area contributed by atoms with Gasteiger partial charge in [-0.2, -0.15) is 4.72 Å². The van der Waals surface area contributed by atoms with Gasteiger partial charge in [-0.05, 0) is 30.3 Å². The fourth-order valence-corrected chi connectivity index (χ4v) is 3.76. The van der Waals surface area contributed by atoms with Crippen LogP contribution in [0.25, 0.3) is 0 Å². The maximum atomic E-state index is 14.3. The second-order valence-corrected chi connectivity index (χ2v) is 7.58. The molecule has 3 aromatic rings. The van der Waals surface area contributed by atoms with E-state index in [0.717, 1.165) is 0 Å². The summed E-state index contributed by atoms with van der Waals surface area (Å²) < 4.78 is 43.9. The van der Waals surface area contributed by atoms with Crippen molar-refractivity contribution in [2.75, 3.05) is 0 Å². The molecule has 1 unspecified atom stereocenters. The molecule has 8 heteroatoms. The average Bonchev–Trinajstić information content (AvgIpc) is 3.00. The molecule has 0 aliphatic carbocycles. The molecule has 0 fully saturated rings. The topological polar surface area (TPSA) is 64.0 Å². The largest absolute Gasteiger partial charge is 0.336 e. The molecule has 1 aromatic heterocycles. The van der Waals surface area contributed by atoms with Gasteiger partial charge in [0.05, 0.1) is 4.90 Å². The Morgan fingerprint density at radius 3 is 2.44 bits per heavy atom. The lowest BCUT2D eigenvalue weighted by Gasteiger charge is -2.19. The van der Waals surface area contributed by atoms with E-state index in [0.29, 0.717) is 10.8 Å². The highest BCUT2D eigenvalue weighted by Gasteiger charge is 2.27. The van der Waals surface area contributed by atoms with Crippen LogP contribution in [0.15, 0.2) is 65.8 Å². The van der Waals surface area contributed by atoms with Crippen molar-refractivity contribution in [3.8, 4) is 0 Å². The first kappa shape index (κ1) is 17.6. The van der Waals surface area contributed by atoms with E-state index in [1.807, 2.05) is 0 Å². The molecular formula is C17H15ClFN3O2S. The van der Waals surface area contributed by atoms with E-state index < -0.39 is 21.9 Å². The van der Waals surface area contributed by atoms with Crippen LogP contribution in [0.4, 0.5) is 4.39 Å². The van der Waals surface area contributed by atoms with Gasteiger partial charge >= 0.3 is 0 Å². The number of aromatic nitrogens is 2. The lowest BCUT2D eigenvalue weighted by atomic mass is 10.1. The number of imidazole rings is 1. The van der Waals surface area contributed by atoms with Gasteiger partial charge in [-0.1, -0.05) is 29.8 Å². The highest BCUT2D eigenvalue weighted by molar-refractivity contribution is 7.89. The fourth-order valence-electron chi connectivity index (χ4n) is 2.46. The maximum absolute atomic E-state index is 14.3. The summed E-state index contributed by atoms with van der Waals surface area (Å²) in [7, 11) is -2.20. The summed E-state index contributed by atoms with van der Waals surface area (Å²) in [5, 5.41) is 0.425. The summed E-state index contributed by atoms with van der Waals surface area (Å²) in [6.07, 6.45) is 3.19. The predicted octanol–water partition coefficient (Wildman–Crippen LogP) is 3.28. The van der Waals surface area contributed by atoms with E-state index in [4.69, 9.17) is 11.6 Å². The number of sulfonamides is 1. The zero-order valence-corrected chi connectivity index (χ0v) is 14.8. The second kappa shape index (κ2) is 6.95. The molecule has 3 rings (SSSR count). The van der Waals surface area contributed by atoms with Gasteiger partial charge in [0, 0.05) is 30.0 Å². The molecule has 1 N–H and O–H groups in total. The third-order valence-corrected chi connectivity index (χ3v) is 5.42. The molecular weight excluding hydrogens is 365 g/mol. The lowest BCUT2D eigenvalue weighted by Crippen LogP contribution is -2.31. The van der Waals surface area contributed by atoms with E-state index in [2.05, 4.69) is 9.71 Å². The van der Waals surface area contributed by atoms with Crippen LogP contribution in [-0.2, 0) is 17.1 Å². The number of halogens is 2. The van der Waals surface area contributed by atoms with Gasteiger partial charge in [-0.3, -0.25) is 0 Å². The Labute approximate surface area is 150 Å². The van der Waals surface area contributed by atoms with Crippen LogP contribution >= 0.6 is 11.6 Å². The summed E-state index contributed by atoms with van der Waals surface area (Å²) >= 11 is 5.81. The number of aryl methyl sites for hydroxylation is 1. The first-order valence-corrected chi connectivity index (χ1v) is 9.24. The minimum atomic E-state index is -3.91. The van der Waals surface area contributed by atoms with Gasteiger partial charge in [0.2, 0.25) is 10.0 Å². The molecule has 0 saturated carbocycles. The summed E-state index contributed by atoms with van der Waals surface area (Å²) in [5.41, 5.74) is 0.189. The van der Waals surface area contributed by atoms with Crippen molar-refractivity contribution in [3.05, 3.63) is 83.2 Å². The van der Waals surface area contributed by atoms with Gasteiger partial charge in [0.15, 0.2) is 0 Å². The fraction of sp³-hybridized carbons (Fsp3) is 0.118. The summed E-state index contributed by atoms with van der Waals surface area (Å²) in [4.78, 5) is 4.21. The number of nitrogens with zero attached hydrogens (tertiary/aromatic N) is 2. The third-order valence-electron chi connectivity index (χ3n) is 3.73. The SMILES string of the molecule is Cn1ccnc1C(NS(=O)(=O)c1ccc(Cl)cc1)c1ccccc1F. The van der Waals surface area contributed by atoms with E-state index in [-0.39, 0.29) is 10.5 Å². The number of rotatable bonds is 5. The van der Waals surface area contributed by atoms with E-state index in [1.54, 1.807) is 29.9 Å². The molecule has 1 heterocycles. The van der Waals surface area contributed by atoms with Crippen LogP contribution < -0.4 is 4.72 Å². The minimum Gasteiger partial charge on any atom is -0.336 e. The molecule has 0 saturated heterocycles. The molecule has 0 bridgehead atoms. The first-order valence-electron chi connectivity index (χ1n) is 7.38. The Hall–Kier alpha value is -2.22. The van der Waals surface area contributed by atoms with Gasteiger partial charge < -0.3 is 4.57 Å².